The predicted molar refractivity (Wildman–Crippen MR) is 105 cm³/mol. The van der Waals surface area contributed by atoms with Crippen molar-refractivity contribution in [2.24, 2.45) is 0 Å². The first-order chi connectivity index (χ1) is 13.8. The summed E-state index contributed by atoms with van der Waals surface area (Å²) in [5, 5.41) is 5.41. The van der Waals surface area contributed by atoms with Crippen LogP contribution in [0.25, 0.3) is 0 Å². The number of urea groups is 1. The lowest BCUT2D eigenvalue weighted by atomic mass is 9.92. The fourth-order valence-corrected chi connectivity index (χ4v) is 3.45. The summed E-state index contributed by atoms with van der Waals surface area (Å²) < 4.78 is 10.7. The van der Waals surface area contributed by atoms with Crippen LogP contribution in [-0.4, -0.2) is 41.6 Å². The molecule has 1 fully saturated rings. The largest absolute Gasteiger partial charge is 0.454 e. The summed E-state index contributed by atoms with van der Waals surface area (Å²) in [4.78, 5) is 38.6. The van der Waals surface area contributed by atoms with Gasteiger partial charge in [0.15, 0.2) is 11.5 Å². The van der Waals surface area contributed by atoms with Crippen molar-refractivity contribution in [2.75, 3.05) is 18.7 Å². The molecule has 4 rings (SSSR count). The molecule has 8 nitrogen and oxygen atoms in total. The number of nitrogens with zero attached hydrogens (tertiary/aromatic N) is 1. The van der Waals surface area contributed by atoms with Gasteiger partial charge in [0.1, 0.15) is 12.1 Å². The van der Waals surface area contributed by atoms with Gasteiger partial charge < -0.3 is 20.1 Å². The van der Waals surface area contributed by atoms with Crippen molar-refractivity contribution in [3.05, 3.63) is 53.6 Å². The lowest BCUT2D eigenvalue weighted by Crippen LogP contribution is -2.46. The topological polar surface area (TPSA) is 97.0 Å². The Bertz CT molecular complexity index is 988. The Kier molecular flexibility index (Phi) is 4.62. The van der Waals surface area contributed by atoms with Crippen LogP contribution in [0, 0.1) is 6.92 Å². The number of fused-ring (bicyclic) bond motifs is 1. The minimum atomic E-state index is -1.14. The molecule has 0 bridgehead atoms. The molecular weight excluding hydrogens is 374 g/mol. The van der Waals surface area contributed by atoms with E-state index >= 15 is 0 Å². The predicted octanol–water partition coefficient (Wildman–Crippen LogP) is 2.22. The van der Waals surface area contributed by atoms with E-state index in [1.807, 2.05) is 25.1 Å². The van der Waals surface area contributed by atoms with Crippen molar-refractivity contribution in [1.29, 1.82) is 0 Å². The van der Waals surface area contributed by atoms with Gasteiger partial charge in [0.25, 0.3) is 5.91 Å². The first kappa shape index (κ1) is 18.8. The summed E-state index contributed by atoms with van der Waals surface area (Å²) in [7, 11) is 0. The van der Waals surface area contributed by atoms with Crippen LogP contribution in [0.4, 0.5) is 10.5 Å². The van der Waals surface area contributed by atoms with E-state index in [-0.39, 0.29) is 19.8 Å². The highest BCUT2D eigenvalue weighted by Gasteiger charge is 2.48. The zero-order valence-corrected chi connectivity index (χ0v) is 16.2. The van der Waals surface area contributed by atoms with Crippen LogP contribution in [0.5, 0.6) is 11.5 Å². The first-order valence-corrected chi connectivity index (χ1v) is 9.23. The Labute approximate surface area is 167 Å². The number of ether oxygens (including phenoxy) is 2. The van der Waals surface area contributed by atoms with Gasteiger partial charge in [-0.2, -0.15) is 0 Å². The van der Waals surface area contributed by atoms with Crippen LogP contribution in [0.2, 0.25) is 0 Å². The molecule has 2 heterocycles. The van der Waals surface area contributed by atoms with Crippen molar-refractivity contribution >= 4 is 23.5 Å². The molecule has 0 saturated carbocycles. The molecule has 2 aromatic carbocycles. The summed E-state index contributed by atoms with van der Waals surface area (Å²) in [5.74, 6) is 0.371. The molecule has 0 radical (unpaired) electrons. The quantitative estimate of drug-likeness (QED) is 0.757. The number of rotatable bonds is 5. The van der Waals surface area contributed by atoms with Crippen LogP contribution in [0.1, 0.15) is 18.1 Å². The Morgan fingerprint density at radius 1 is 1.14 bits per heavy atom. The van der Waals surface area contributed by atoms with Crippen LogP contribution >= 0.6 is 0 Å². The second-order valence-corrected chi connectivity index (χ2v) is 7.43. The van der Waals surface area contributed by atoms with E-state index in [0.29, 0.717) is 17.2 Å². The van der Waals surface area contributed by atoms with E-state index in [0.717, 1.165) is 16.0 Å². The molecule has 1 atom stereocenters. The maximum absolute atomic E-state index is 12.9. The second-order valence-electron chi connectivity index (χ2n) is 7.43. The Morgan fingerprint density at radius 2 is 1.86 bits per heavy atom. The maximum atomic E-state index is 12.9. The third-order valence-corrected chi connectivity index (χ3v) is 4.98. The average Bonchev–Trinajstić information content (AvgIpc) is 3.22. The number of benzene rings is 2. The molecule has 2 aliphatic rings. The summed E-state index contributed by atoms with van der Waals surface area (Å²) in [6.45, 7) is 3.40. The molecule has 0 spiro atoms. The van der Waals surface area contributed by atoms with E-state index < -0.39 is 23.4 Å². The number of hydrogen-bond donors (Lipinski definition) is 2. The minimum Gasteiger partial charge on any atom is -0.454 e. The van der Waals surface area contributed by atoms with Crippen molar-refractivity contribution in [3.63, 3.8) is 0 Å². The van der Waals surface area contributed by atoms with E-state index in [9.17, 15) is 14.4 Å². The van der Waals surface area contributed by atoms with E-state index in [1.165, 1.54) is 0 Å². The lowest BCUT2D eigenvalue weighted by molar-refractivity contribution is -0.133. The highest BCUT2D eigenvalue weighted by Crippen LogP contribution is 2.34. The van der Waals surface area contributed by atoms with Gasteiger partial charge in [-0.1, -0.05) is 23.8 Å². The summed E-state index contributed by atoms with van der Waals surface area (Å²) >= 11 is 0. The molecular formula is C21H21N3O5. The molecule has 8 heteroatoms. The summed E-state index contributed by atoms with van der Waals surface area (Å²) in [6.07, 6.45) is 0.268. The van der Waals surface area contributed by atoms with Crippen LogP contribution in [0.15, 0.2) is 42.5 Å². The molecule has 29 heavy (non-hydrogen) atoms. The highest BCUT2D eigenvalue weighted by atomic mass is 16.7. The first-order valence-electron chi connectivity index (χ1n) is 9.23. The highest BCUT2D eigenvalue weighted by molar-refractivity contribution is 6.10. The van der Waals surface area contributed by atoms with Gasteiger partial charge in [-0.25, -0.2) is 4.79 Å². The minimum absolute atomic E-state index is 0.162. The van der Waals surface area contributed by atoms with Gasteiger partial charge in [0.05, 0.1) is 0 Å². The monoisotopic (exact) mass is 395 g/mol. The van der Waals surface area contributed by atoms with Crippen LogP contribution < -0.4 is 20.1 Å². The van der Waals surface area contributed by atoms with Crippen molar-refractivity contribution in [1.82, 2.24) is 10.2 Å². The fourth-order valence-electron chi connectivity index (χ4n) is 3.45. The normalized spacial score (nSPS) is 20.0. The number of imide groups is 1. The fraction of sp³-hybridized carbons (Fsp3) is 0.286. The number of hydrogen-bond acceptors (Lipinski definition) is 5. The summed E-state index contributed by atoms with van der Waals surface area (Å²) in [6, 6.07) is 12.1. The third kappa shape index (κ3) is 3.73. The van der Waals surface area contributed by atoms with Crippen molar-refractivity contribution < 1.29 is 23.9 Å². The maximum Gasteiger partial charge on any atom is 0.325 e. The number of aryl methyl sites for hydroxylation is 1. The molecule has 0 aliphatic carbocycles. The zero-order chi connectivity index (χ0) is 20.6. The van der Waals surface area contributed by atoms with Crippen LogP contribution in [-0.2, 0) is 16.0 Å². The standard InChI is InChI=1S/C21H21N3O5/c1-13-3-6-15(7-4-13)22-18(25)11-24-19(26)21(2,23-20(24)27)10-14-5-8-16-17(9-14)29-12-28-16/h3-9H,10-12H2,1-2H3,(H,22,25)(H,23,27)/t21-/m0/s1. The Hall–Kier alpha value is -3.55. The van der Waals surface area contributed by atoms with Gasteiger partial charge in [-0.05, 0) is 43.7 Å². The summed E-state index contributed by atoms with van der Waals surface area (Å²) in [5.41, 5.74) is 1.35. The molecule has 2 aliphatic heterocycles. The molecule has 0 unspecified atom stereocenters. The Morgan fingerprint density at radius 3 is 2.62 bits per heavy atom. The number of carbonyl (C=O) groups is 3. The molecule has 2 aromatic rings. The van der Waals surface area contributed by atoms with E-state index in [4.69, 9.17) is 9.47 Å². The number of anilines is 1. The molecule has 150 valence electrons. The van der Waals surface area contributed by atoms with Crippen molar-refractivity contribution in [3.8, 4) is 11.5 Å². The van der Waals surface area contributed by atoms with Crippen molar-refractivity contribution in [2.45, 2.75) is 25.8 Å². The number of carbonyl (C=O) groups excluding carboxylic acids is 3. The lowest BCUT2D eigenvalue weighted by Gasteiger charge is -2.22. The third-order valence-electron chi connectivity index (χ3n) is 4.98. The smallest absolute Gasteiger partial charge is 0.325 e. The van der Waals surface area contributed by atoms with Gasteiger partial charge in [0, 0.05) is 12.1 Å². The average molecular weight is 395 g/mol. The SMILES string of the molecule is Cc1ccc(NC(=O)CN2C(=O)N[C@@](C)(Cc3ccc4c(c3)OCO4)C2=O)cc1. The van der Waals surface area contributed by atoms with Gasteiger partial charge in [0.2, 0.25) is 12.7 Å². The second kappa shape index (κ2) is 7.12. The van der Waals surface area contributed by atoms with Gasteiger partial charge in [-0.3, -0.25) is 14.5 Å². The Balaban J connectivity index is 1.43. The van der Waals surface area contributed by atoms with E-state index in [2.05, 4.69) is 10.6 Å². The molecule has 0 aromatic heterocycles. The molecule has 4 amide bonds. The molecule has 2 N–H and O–H groups in total. The zero-order valence-electron chi connectivity index (χ0n) is 16.2. The number of amides is 4. The van der Waals surface area contributed by atoms with Gasteiger partial charge >= 0.3 is 6.03 Å². The van der Waals surface area contributed by atoms with Gasteiger partial charge in [-0.15, -0.1) is 0 Å². The van der Waals surface area contributed by atoms with E-state index in [1.54, 1.807) is 31.2 Å². The molecule has 1 saturated heterocycles. The van der Waals surface area contributed by atoms with Crippen LogP contribution in [0.3, 0.4) is 0 Å². The number of nitrogens with one attached hydrogen (secondary N) is 2.